The molecule has 0 amide bonds. The highest BCUT2D eigenvalue weighted by molar-refractivity contribution is 7.91. The Hall–Kier alpha value is -0.870. The molecular weight excluding hydrogens is 246 g/mol. The molecule has 0 saturated heterocycles. The van der Waals surface area contributed by atoms with E-state index < -0.39 is 15.9 Å². The molecule has 3 nitrogen and oxygen atoms in total. The fourth-order valence-electron chi connectivity index (χ4n) is 2.67. The van der Waals surface area contributed by atoms with Gasteiger partial charge in [0.05, 0.1) is 11.5 Å². The summed E-state index contributed by atoms with van der Waals surface area (Å²) in [4.78, 5) is 0. The van der Waals surface area contributed by atoms with E-state index in [1.54, 1.807) is 0 Å². The van der Waals surface area contributed by atoms with E-state index in [4.69, 9.17) is 5.73 Å². The van der Waals surface area contributed by atoms with Gasteiger partial charge in [0.1, 0.15) is 0 Å². The molecular formula is C14H21NO2S. The third-order valence-corrected chi connectivity index (χ3v) is 5.47. The van der Waals surface area contributed by atoms with Crippen molar-refractivity contribution in [3.63, 3.8) is 0 Å². The topological polar surface area (TPSA) is 60.2 Å². The molecule has 2 N–H and O–H groups in total. The van der Waals surface area contributed by atoms with Gasteiger partial charge in [0, 0.05) is 6.04 Å². The SMILES string of the molecule is NC(CS(=O)(=O)CC1CCCC1)c1ccccc1. The number of benzene rings is 1. The van der Waals surface area contributed by atoms with Crippen molar-refractivity contribution in [1.29, 1.82) is 0 Å². The second-order valence-electron chi connectivity index (χ2n) is 5.24. The highest BCUT2D eigenvalue weighted by Crippen LogP contribution is 2.26. The zero-order valence-corrected chi connectivity index (χ0v) is 11.4. The van der Waals surface area contributed by atoms with Crippen LogP contribution in [0.4, 0.5) is 0 Å². The maximum atomic E-state index is 12.1. The summed E-state index contributed by atoms with van der Waals surface area (Å²) >= 11 is 0. The van der Waals surface area contributed by atoms with Crippen LogP contribution in [0.1, 0.15) is 37.3 Å². The van der Waals surface area contributed by atoms with Crippen molar-refractivity contribution >= 4 is 9.84 Å². The molecule has 0 bridgehead atoms. The molecule has 1 aliphatic rings. The van der Waals surface area contributed by atoms with Gasteiger partial charge >= 0.3 is 0 Å². The minimum Gasteiger partial charge on any atom is -0.323 e. The van der Waals surface area contributed by atoms with Gasteiger partial charge in [0.15, 0.2) is 9.84 Å². The van der Waals surface area contributed by atoms with Crippen molar-refractivity contribution in [1.82, 2.24) is 0 Å². The molecule has 1 aromatic rings. The molecule has 0 spiro atoms. The zero-order chi connectivity index (χ0) is 13.0. The minimum absolute atomic E-state index is 0.0630. The van der Waals surface area contributed by atoms with Gasteiger partial charge in [-0.15, -0.1) is 0 Å². The van der Waals surface area contributed by atoms with Crippen molar-refractivity contribution in [2.75, 3.05) is 11.5 Å². The zero-order valence-electron chi connectivity index (χ0n) is 10.6. The van der Waals surface area contributed by atoms with Gasteiger partial charge in [-0.3, -0.25) is 0 Å². The first-order valence-corrected chi connectivity index (χ1v) is 8.40. The molecule has 0 heterocycles. The van der Waals surface area contributed by atoms with Crippen LogP contribution in [0.15, 0.2) is 30.3 Å². The number of sulfone groups is 1. The van der Waals surface area contributed by atoms with E-state index in [0.717, 1.165) is 18.4 Å². The molecule has 1 fully saturated rings. The van der Waals surface area contributed by atoms with Crippen molar-refractivity contribution in [3.05, 3.63) is 35.9 Å². The summed E-state index contributed by atoms with van der Waals surface area (Å²) < 4.78 is 24.2. The number of hydrogen-bond donors (Lipinski definition) is 1. The standard InChI is InChI=1S/C14H21NO2S/c15-14(13-8-2-1-3-9-13)11-18(16,17)10-12-6-4-5-7-12/h1-3,8-9,12,14H,4-7,10-11,15H2. The van der Waals surface area contributed by atoms with Crippen molar-refractivity contribution in [3.8, 4) is 0 Å². The predicted octanol–water partition coefficient (Wildman–Crippen LogP) is 2.29. The lowest BCUT2D eigenvalue weighted by atomic mass is 10.1. The van der Waals surface area contributed by atoms with E-state index in [0.29, 0.717) is 11.7 Å². The first-order chi connectivity index (χ1) is 8.57. The van der Waals surface area contributed by atoms with Crippen LogP contribution in [0.2, 0.25) is 0 Å². The maximum Gasteiger partial charge on any atom is 0.152 e. The van der Waals surface area contributed by atoms with Crippen LogP contribution < -0.4 is 5.73 Å². The number of rotatable bonds is 5. The average molecular weight is 267 g/mol. The number of hydrogen-bond acceptors (Lipinski definition) is 3. The fraction of sp³-hybridized carbons (Fsp3) is 0.571. The lowest BCUT2D eigenvalue weighted by Crippen LogP contribution is -2.25. The Labute approximate surface area is 109 Å². The first kappa shape index (κ1) is 13.6. The van der Waals surface area contributed by atoms with Crippen molar-refractivity contribution < 1.29 is 8.42 Å². The largest absolute Gasteiger partial charge is 0.323 e. The Bertz CT molecular complexity index is 464. The Morgan fingerprint density at radius 2 is 1.78 bits per heavy atom. The van der Waals surface area contributed by atoms with E-state index in [1.807, 2.05) is 30.3 Å². The van der Waals surface area contributed by atoms with E-state index in [1.165, 1.54) is 12.8 Å². The molecule has 4 heteroatoms. The van der Waals surface area contributed by atoms with E-state index in [-0.39, 0.29) is 5.75 Å². The lowest BCUT2D eigenvalue weighted by Gasteiger charge is -2.14. The molecule has 0 aromatic heterocycles. The smallest absolute Gasteiger partial charge is 0.152 e. The average Bonchev–Trinajstić information content (AvgIpc) is 2.81. The lowest BCUT2D eigenvalue weighted by molar-refractivity contribution is 0.554. The van der Waals surface area contributed by atoms with Gasteiger partial charge in [0.25, 0.3) is 0 Å². The predicted molar refractivity (Wildman–Crippen MR) is 74.0 cm³/mol. The van der Waals surface area contributed by atoms with E-state index in [2.05, 4.69) is 0 Å². The Kier molecular flexibility index (Phi) is 4.40. The summed E-state index contributed by atoms with van der Waals surface area (Å²) in [5.74, 6) is 0.735. The normalized spacial score (nSPS) is 18.9. The molecule has 2 rings (SSSR count). The van der Waals surface area contributed by atoms with E-state index >= 15 is 0 Å². The highest BCUT2D eigenvalue weighted by Gasteiger charge is 2.24. The van der Waals surface area contributed by atoms with Gasteiger partial charge in [-0.2, -0.15) is 0 Å². The Morgan fingerprint density at radius 1 is 1.17 bits per heavy atom. The third-order valence-electron chi connectivity index (χ3n) is 3.63. The summed E-state index contributed by atoms with van der Waals surface area (Å²) in [6.07, 6.45) is 4.45. The van der Waals surface area contributed by atoms with Gasteiger partial charge in [-0.05, 0) is 24.3 Å². The molecule has 1 atom stereocenters. The van der Waals surface area contributed by atoms with Crippen molar-refractivity contribution in [2.45, 2.75) is 31.7 Å². The second-order valence-corrected chi connectivity index (χ2v) is 7.40. The summed E-state index contributed by atoms with van der Waals surface area (Å²) in [5.41, 5.74) is 6.87. The summed E-state index contributed by atoms with van der Waals surface area (Å²) in [7, 11) is -3.04. The van der Waals surface area contributed by atoms with Gasteiger partial charge in [0.2, 0.25) is 0 Å². The first-order valence-electron chi connectivity index (χ1n) is 6.58. The quantitative estimate of drug-likeness (QED) is 0.890. The molecule has 0 radical (unpaired) electrons. The summed E-state index contributed by atoms with van der Waals surface area (Å²) in [6.45, 7) is 0. The fourth-order valence-corrected chi connectivity index (χ4v) is 4.60. The minimum atomic E-state index is -3.04. The molecule has 0 aliphatic heterocycles. The molecule has 1 unspecified atom stereocenters. The van der Waals surface area contributed by atoms with Crippen LogP contribution >= 0.6 is 0 Å². The van der Waals surface area contributed by atoms with Crippen LogP contribution in [-0.4, -0.2) is 19.9 Å². The monoisotopic (exact) mass is 267 g/mol. The molecule has 18 heavy (non-hydrogen) atoms. The van der Waals surface area contributed by atoms with Crippen LogP contribution in [0.25, 0.3) is 0 Å². The van der Waals surface area contributed by atoms with Gasteiger partial charge in [-0.1, -0.05) is 43.2 Å². The van der Waals surface area contributed by atoms with Crippen LogP contribution in [0.3, 0.4) is 0 Å². The van der Waals surface area contributed by atoms with Crippen LogP contribution in [-0.2, 0) is 9.84 Å². The summed E-state index contributed by atoms with van der Waals surface area (Å²) in [5, 5.41) is 0. The molecule has 1 aromatic carbocycles. The molecule has 1 aliphatic carbocycles. The molecule has 1 saturated carbocycles. The second kappa shape index (κ2) is 5.85. The highest BCUT2D eigenvalue weighted by atomic mass is 32.2. The third kappa shape index (κ3) is 3.82. The Morgan fingerprint density at radius 3 is 2.39 bits per heavy atom. The van der Waals surface area contributed by atoms with Gasteiger partial charge in [-0.25, -0.2) is 8.42 Å². The van der Waals surface area contributed by atoms with Crippen LogP contribution in [0.5, 0.6) is 0 Å². The Balaban J connectivity index is 1.95. The van der Waals surface area contributed by atoms with Crippen LogP contribution in [0, 0.1) is 5.92 Å². The summed E-state index contributed by atoms with van der Waals surface area (Å²) in [6, 6.07) is 9.05. The molecule has 100 valence electrons. The number of nitrogens with two attached hydrogens (primary N) is 1. The van der Waals surface area contributed by atoms with Gasteiger partial charge < -0.3 is 5.73 Å². The van der Waals surface area contributed by atoms with E-state index in [9.17, 15) is 8.42 Å². The maximum absolute atomic E-state index is 12.1. The van der Waals surface area contributed by atoms with Crippen molar-refractivity contribution in [2.24, 2.45) is 11.7 Å².